The van der Waals surface area contributed by atoms with Crippen LogP contribution in [0.2, 0.25) is 0 Å². The molecule has 0 saturated carbocycles. The molecule has 1 atom stereocenters. The van der Waals surface area contributed by atoms with Gasteiger partial charge in [-0.15, -0.1) is 0 Å². The maximum Gasteiger partial charge on any atom is 0.306 e. The van der Waals surface area contributed by atoms with Gasteiger partial charge in [0.1, 0.15) is 13.2 Å². The van der Waals surface area contributed by atoms with Gasteiger partial charge in [0.2, 0.25) is 0 Å². The molecule has 0 fully saturated rings. The highest BCUT2D eigenvalue weighted by Crippen LogP contribution is 2.17. The van der Waals surface area contributed by atoms with Gasteiger partial charge in [0.15, 0.2) is 6.10 Å². The van der Waals surface area contributed by atoms with Gasteiger partial charge in [-0.1, -0.05) is 281 Å². The zero-order chi connectivity index (χ0) is 51.4. The van der Waals surface area contributed by atoms with Crippen LogP contribution in [-0.4, -0.2) is 37.2 Å². The van der Waals surface area contributed by atoms with Crippen molar-refractivity contribution in [2.45, 2.75) is 335 Å². The fourth-order valence-electron chi connectivity index (χ4n) is 9.10. The Labute approximate surface area is 441 Å². The summed E-state index contributed by atoms with van der Waals surface area (Å²) in [6, 6.07) is 0. The lowest BCUT2D eigenvalue weighted by Gasteiger charge is -2.18. The quantitative estimate of drug-likeness (QED) is 0.0261. The van der Waals surface area contributed by atoms with Crippen LogP contribution in [0.5, 0.6) is 0 Å². The Kier molecular flexibility index (Phi) is 57.7. The number of hydrogen-bond acceptors (Lipinski definition) is 6. The number of esters is 3. The second kappa shape index (κ2) is 59.9. The molecule has 0 aliphatic rings. The molecular weight excluding hydrogens is 877 g/mol. The third kappa shape index (κ3) is 58.1. The average Bonchev–Trinajstić information content (AvgIpc) is 3.37. The van der Waals surface area contributed by atoms with E-state index < -0.39 is 6.10 Å². The maximum atomic E-state index is 12.9. The van der Waals surface area contributed by atoms with Gasteiger partial charge in [0.05, 0.1) is 0 Å². The van der Waals surface area contributed by atoms with Crippen LogP contribution in [0.25, 0.3) is 0 Å². The highest BCUT2D eigenvalue weighted by molar-refractivity contribution is 5.71. The summed E-state index contributed by atoms with van der Waals surface area (Å²) in [6.07, 6.45) is 74.0. The summed E-state index contributed by atoms with van der Waals surface area (Å²) >= 11 is 0. The lowest BCUT2D eigenvalue weighted by molar-refractivity contribution is -0.167. The molecule has 414 valence electrons. The molecule has 0 aliphatic heterocycles. The Morgan fingerprint density at radius 2 is 0.521 bits per heavy atom. The van der Waals surface area contributed by atoms with Gasteiger partial charge in [0.25, 0.3) is 0 Å². The van der Waals surface area contributed by atoms with E-state index in [-0.39, 0.29) is 37.5 Å². The summed E-state index contributed by atoms with van der Waals surface area (Å²) in [5.74, 6) is -0.929. The van der Waals surface area contributed by atoms with Crippen LogP contribution in [0.15, 0.2) is 48.6 Å². The van der Waals surface area contributed by atoms with Crippen molar-refractivity contribution in [1.82, 2.24) is 0 Å². The van der Waals surface area contributed by atoms with Crippen molar-refractivity contribution in [2.75, 3.05) is 13.2 Å². The monoisotopic (exact) mass is 995 g/mol. The molecule has 0 N–H and O–H groups in total. The summed E-state index contributed by atoms with van der Waals surface area (Å²) in [5.41, 5.74) is 0. The summed E-state index contributed by atoms with van der Waals surface area (Å²) in [5, 5.41) is 0. The first-order valence-electron chi connectivity index (χ1n) is 31.1. The molecule has 0 spiro atoms. The first-order chi connectivity index (χ1) is 35.0. The van der Waals surface area contributed by atoms with Crippen molar-refractivity contribution >= 4 is 17.9 Å². The topological polar surface area (TPSA) is 78.9 Å². The van der Waals surface area contributed by atoms with E-state index in [1.165, 1.54) is 225 Å². The van der Waals surface area contributed by atoms with E-state index in [1.54, 1.807) is 0 Å². The summed E-state index contributed by atoms with van der Waals surface area (Å²) < 4.78 is 16.9. The van der Waals surface area contributed by atoms with Crippen LogP contribution < -0.4 is 0 Å². The van der Waals surface area contributed by atoms with Gasteiger partial charge in [0, 0.05) is 19.3 Å². The Morgan fingerprint density at radius 1 is 0.282 bits per heavy atom. The van der Waals surface area contributed by atoms with Crippen LogP contribution in [0.4, 0.5) is 0 Å². The average molecular weight is 996 g/mol. The third-order valence-electron chi connectivity index (χ3n) is 13.8. The Bertz CT molecular complexity index is 1230. The lowest BCUT2D eigenvalue weighted by Crippen LogP contribution is -2.30. The van der Waals surface area contributed by atoms with E-state index >= 15 is 0 Å². The van der Waals surface area contributed by atoms with Gasteiger partial charge in [-0.25, -0.2) is 0 Å². The number of ether oxygens (including phenoxy) is 3. The molecule has 0 aromatic carbocycles. The van der Waals surface area contributed by atoms with Crippen LogP contribution in [0, 0.1) is 0 Å². The number of carbonyl (C=O) groups is 3. The molecule has 0 saturated heterocycles. The molecule has 0 aromatic heterocycles. The molecule has 0 aliphatic carbocycles. The molecule has 0 aromatic rings. The zero-order valence-corrected chi connectivity index (χ0v) is 47.5. The number of hydrogen-bond donors (Lipinski definition) is 0. The van der Waals surface area contributed by atoms with E-state index in [2.05, 4.69) is 69.4 Å². The van der Waals surface area contributed by atoms with Crippen molar-refractivity contribution in [3.05, 3.63) is 48.6 Å². The molecule has 6 heteroatoms. The van der Waals surface area contributed by atoms with E-state index in [1.807, 2.05) is 0 Å². The van der Waals surface area contributed by atoms with Crippen molar-refractivity contribution in [3.63, 3.8) is 0 Å². The number of allylic oxidation sites excluding steroid dienone is 8. The summed E-state index contributed by atoms with van der Waals surface area (Å²) in [4.78, 5) is 38.2. The second-order valence-corrected chi connectivity index (χ2v) is 21.0. The minimum Gasteiger partial charge on any atom is -0.462 e. The van der Waals surface area contributed by atoms with E-state index in [0.29, 0.717) is 19.3 Å². The molecule has 0 amide bonds. The van der Waals surface area contributed by atoms with Gasteiger partial charge in [-0.3, -0.25) is 14.4 Å². The molecule has 0 heterocycles. The predicted molar refractivity (Wildman–Crippen MR) is 307 cm³/mol. The lowest BCUT2D eigenvalue weighted by atomic mass is 10.0. The number of rotatable bonds is 57. The fraction of sp³-hybridized carbons (Fsp3) is 0.831. The van der Waals surface area contributed by atoms with Gasteiger partial charge >= 0.3 is 17.9 Å². The van der Waals surface area contributed by atoms with Crippen molar-refractivity contribution in [1.29, 1.82) is 0 Å². The Morgan fingerprint density at radius 3 is 0.845 bits per heavy atom. The molecule has 1 unspecified atom stereocenters. The Hall–Kier alpha value is -2.63. The zero-order valence-electron chi connectivity index (χ0n) is 47.5. The van der Waals surface area contributed by atoms with Crippen molar-refractivity contribution in [3.8, 4) is 0 Å². The van der Waals surface area contributed by atoms with E-state index in [0.717, 1.165) is 57.8 Å². The minimum atomic E-state index is -0.800. The Balaban J connectivity index is 4.40. The largest absolute Gasteiger partial charge is 0.462 e. The van der Waals surface area contributed by atoms with E-state index in [9.17, 15) is 14.4 Å². The molecule has 71 heavy (non-hydrogen) atoms. The summed E-state index contributed by atoms with van der Waals surface area (Å²) in [6.45, 7) is 6.63. The third-order valence-corrected chi connectivity index (χ3v) is 13.8. The highest BCUT2D eigenvalue weighted by atomic mass is 16.6. The number of unbranched alkanes of at least 4 members (excludes halogenated alkanes) is 38. The second-order valence-electron chi connectivity index (χ2n) is 21.0. The van der Waals surface area contributed by atoms with Gasteiger partial charge < -0.3 is 14.2 Å². The van der Waals surface area contributed by atoms with E-state index in [4.69, 9.17) is 14.2 Å². The van der Waals surface area contributed by atoms with Crippen LogP contribution in [-0.2, 0) is 28.6 Å². The van der Waals surface area contributed by atoms with Crippen LogP contribution >= 0.6 is 0 Å². The number of carbonyl (C=O) groups excluding carboxylic acids is 3. The summed E-state index contributed by atoms with van der Waals surface area (Å²) in [7, 11) is 0. The van der Waals surface area contributed by atoms with Crippen LogP contribution in [0.3, 0.4) is 0 Å². The molecule has 0 bridgehead atoms. The normalized spacial score (nSPS) is 12.3. The van der Waals surface area contributed by atoms with Crippen molar-refractivity contribution in [2.24, 2.45) is 0 Å². The fourth-order valence-corrected chi connectivity index (χ4v) is 9.10. The van der Waals surface area contributed by atoms with Gasteiger partial charge in [-0.05, 0) is 77.0 Å². The SMILES string of the molecule is CCCCCCCC/C=C\C/C=C\C/C=C\CCCC(=O)OC(COC(=O)CCCCCCCCC/C=C\CCCCCCCC)COC(=O)CCCCCCCCCCCCCCCCCCCCC. The molecule has 6 nitrogen and oxygen atoms in total. The first kappa shape index (κ1) is 68.4. The standard InChI is InChI=1S/C65H118O6/c1-4-7-10-13-16-19-22-25-28-31-32-35-37-40-43-46-49-52-55-58-64(67)70-61-62(71-65(68)59-56-53-50-47-44-41-38-34-30-27-24-21-18-15-12-9-6-3)60-69-63(66)57-54-51-48-45-42-39-36-33-29-26-23-20-17-14-11-8-5-2/h26-27,29-30,38,41,47,50,62H,4-25,28,31-37,39-40,42-46,48-49,51-61H2,1-3H3/b29-26-,30-27-,41-38-,50-47-. The van der Waals surface area contributed by atoms with Crippen molar-refractivity contribution < 1.29 is 28.6 Å². The first-order valence-corrected chi connectivity index (χ1v) is 31.1. The molecule has 0 rings (SSSR count). The smallest absolute Gasteiger partial charge is 0.306 e. The minimum absolute atomic E-state index is 0.0909. The highest BCUT2D eigenvalue weighted by Gasteiger charge is 2.19. The maximum absolute atomic E-state index is 12.9. The predicted octanol–water partition coefficient (Wildman–Crippen LogP) is 21.0. The van der Waals surface area contributed by atoms with Crippen LogP contribution in [0.1, 0.15) is 329 Å². The van der Waals surface area contributed by atoms with Gasteiger partial charge in [-0.2, -0.15) is 0 Å². The molecule has 0 radical (unpaired) electrons. The molecular formula is C65H118O6.